The Morgan fingerprint density at radius 2 is 1.13 bits per heavy atom. The Morgan fingerprint density at radius 1 is 0.744 bits per heavy atom. The highest BCUT2D eigenvalue weighted by atomic mass is 127. The smallest absolute Gasteiger partial charge is 0.333 e. The molecule has 0 bridgehead atoms. The van der Waals surface area contributed by atoms with Crippen molar-refractivity contribution in [2.45, 2.75) is 143 Å². The number of rotatable bonds is 19. The summed E-state index contributed by atoms with van der Waals surface area (Å²) >= 11 is 2.46. The molecular weight excluding hydrogens is 607 g/mol. The summed E-state index contributed by atoms with van der Waals surface area (Å²) in [7, 11) is 0. The summed E-state index contributed by atoms with van der Waals surface area (Å²) in [5, 5.41) is 17.2. The SMILES string of the molecule is C=C(CCCCCCC)C(=O)OCC(C)C.CCCCCCCCCCI.O=C(O)C1CCC(C(=O)O)CC1. The lowest BCUT2D eigenvalue weighted by molar-refractivity contribution is -0.148. The van der Waals surface area contributed by atoms with Crippen LogP contribution in [0.15, 0.2) is 12.2 Å². The molecule has 1 saturated carbocycles. The van der Waals surface area contributed by atoms with Gasteiger partial charge in [0.25, 0.3) is 0 Å². The molecule has 0 saturated heterocycles. The van der Waals surface area contributed by atoms with Crippen molar-refractivity contribution < 1.29 is 29.3 Å². The first-order chi connectivity index (χ1) is 18.6. The monoisotopic (exact) mass is 666 g/mol. The van der Waals surface area contributed by atoms with E-state index in [1.165, 1.54) is 81.5 Å². The fraction of sp³-hybridized carbons (Fsp3) is 0.844. The molecule has 0 spiro atoms. The summed E-state index contributed by atoms with van der Waals surface area (Å²) in [6.07, 6.45) is 20.4. The van der Waals surface area contributed by atoms with Gasteiger partial charge in [-0.15, -0.1) is 0 Å². The Kier molecular flexibility index (Phi) is 29.2. The minimum Gasteiger partial charge on any atom is -0.481 e. The van der Waals surface area contributed by atoms with Crippen molar-refractivity contribution in [1.82, 2.24) is 0 Å². The van der Waals surface area contributed by atoms with Crippen LogP contribution in [-0.2, 0) is 19.1 Å². The standard InChI is InChI=1S/C14H26O2.C10H21I.C8H12O4/c1-5-6-7-8-9-10-13(4)14(15)16-11-12(2)3;1-2-3-4-5-6-7-8-9-10-11;9-7(10)5-1-2-6(4-3-5)8(11)12/h12H,4-11H2,1-3H3;2-10H2,1H3;5-6H,1-4H2,(H,9,10)(H,11,12). The van der Waals surface area contributed by atoms with Gasteiger partial charge in [0.2, 0.25) is 0 Å². The zero-order valence-corrected chi connectivity index (χ0v) is 27.6. The molecule has 0 atom stereocenters. The summed E-state index contributed by atoms with van der Waals surface area (Å²) in [5.41, 5.74) is 0.622. The molecular formula is C32H59IO6. The molecule has 2 N–H and O–H groups in total. The molecule has 0 aromatic carbocycles. The van der Waals surface area contributed by atoms with E-state index >= 15 is 0 Å². The van der Waals surface area contributed by atoms with Gasteiger partial charge in [-0.25, -0.2) is 4.79 Å². The van der Waals surface area contributed by atoms with Crippen LogP contribution in [0.2, 0.25) is 0 Å². The fourth-order valence-corrected chi connectivity index (χ4v) is 4.74. The largest absolute Gasteiger partial charge is 0.481 e. The molecule has 1 fully saturated rings. The normalized spacial score (nSPS) is 16.4. The number of unbranched alkanes of at least 4 members (excludes halogenated alkanes) is 11. The van der Waals surface area contributed by atoms with Gasteiger partial charge in [0.05, 0.1) is 18.4 Å². The van der Waals surface area contributed by atoms with Crippen molar-refractivity contribution in [1.29, 1.82) is 0 Å². The van der Waals surface area contributed by atoms with E-state index in [0.29, 0.717) is 43.8 Å². The number of carboxylic acid groups (broad SMARTS) is 2. The number of aliphatic carboxylic acids is 2. The molecule has 230 valence electrons. The van der Waals surface area contributed by atoms with E-state index in [0.717, 1.165) is 12.8 Å². The number of hydrogen-bond acceptors (Lipinski definition) is 4. The molecule has 7 heteroatoms. The maximum atomic E-state index is 11.4. The van der Waals surface area contributed by atoms with Gasteiger partial charge in [0.1, 0.15) is 0 Å². The van der Waals surface area contributed by atoms with Crippen molar-refractivity contribution in [2.75, 3.05) is 11.0 Å². The van der Waals surface area contributed by atoms with Crippen LogP contribution >= 0.6 is 22.6 Å². The second-order valence-electron chi connectivity index (χ2n) is 11.1. The molecule has 0 aromatic heterocycles. The van der Waals surface area contributed by atoms with Gasteiger partial charge in [0, 0.05) is 5.57 Å². The molecule has 6 nitrogen and oxygen atoms in total. The number of hydrogen-bond donors (Lipinski definition) is 2. The molecule has 0 amide bonds. The molecule has 0 aromatic rings. The van der Waals surface area contributed by atoms with Gasteiger partial charge in [-0.2, -0.15) is 0 Å². The number of carboxylic acids is 2. The first kappa shape index (κ1) is 40.0. The maximum absolute atomic E-state index is 11.4. The van der Waals surface area contributed by atoms with Gasteiger partial charge in [0.15, 0.2) is 0 Å². The summed E-state index contributed by atoms with van der Waals surface area (Å²) in [6.45, 7) is 12.8. The average Bonchev–Trinajstić information content (AvgIpc) is 2.91. The molecule has 0 radical (unpaired) electrons. The number of halogens is 1. The lowest BCUT2D eigenvalue weighted by atomic mass is 9.82. The van der Waals surface area contributed by atoms with E-state index in [4.69, 9.17) is 14.9 Å². The van der Waals surface area contributed by atoms with Gasteiger partial charge < -0.3 is 14.9 Å². The van der Waals surface area contributed by atoms with Crippen LogP contribution in [0, 0.1) is 17.8 Å². The second kappa shape index (κ2) is 28.4. The Labute approximate surface area is 253 Å². The lowest BCUT2D eigenvalue weighted by Gasteiger charge is -2.22. The Bertz CT molecular complexity index is 596. The van der Waals surface area contributed by atoms with Crippen molar-refractivity contribution in [2.24, 2.45) is 17.8 Å². The molecule has 39 heavy (non-hydrogen) atoms. The van der Waals surface area contributed by atoms with Gasteiger partial charge in [-0.3, -0.25) is 9.59 Å². The second-order valence-corrected chi connectivity index (χ2v) is 12.2. The van der Waals surface area contributed by atoms with Gasteiger partial charge in [-0.1, -0.05) is 127 Å². The zero-order chi connectivity index (χ0) is 29.9. The highest BCUT2D eigenvalue weighted by molar-refractivity contribution is 14.1. The maximum Gasteiger partial charge on any atom is 0.333 e. The topological polar surface area (TPSA) is 101 Å². The van der Waals surface area contributed by atoms with E-state index in [1.807, 2.05) is 13.8 Å². The van der Waals surface area contributed by atoms with E-state index < -0.39 is 11.9 Å². The summed E-state index contributed by atoms with van der Waals surface area (Å²) in [4.78, 5) is 32.4. The zero-order valence-electron chi connectivity index (χ0n) is 25.5. The predicted octanol–water partition coefficient (Wildman–Crippen LogP) is 9.63. The highest BCUT2D eigenvalue weighted by Gasteiger charge is 2.29. The number of alkyl halides is 1. The van der Waals surface area contributed by atoms with Crippen LogP contribution in [0.5, 0.6) is 0 Å². The minimum atomic E-state index is -0.793. The molecule has 1 aliphatic rings. The first-order valence-corrected chi connectivity index (χ1v) is 17.0. The van der Waals surface area contributed by atoms with Crippen LogP contribution in [0.25, 0.3) is 0 Å². The fourth-order valence-electron chi connectivity index (χ4n) is 4.20. The quantitative estimate of drug-likeness (QED) is 0.0468. The van der Waals surface area contributed by atoms with E-state index in [9.17, 15) is 14.4 Å². The Hall–Kier alpha value is -1.12. The number of carbonyl (C=O) groups is 3. The van der Waals surface area contributed by atoms with Crippen molar-refractivity contribution >= 4 is 40.5 Å². The predicted molar refractivity (Wildman–Crippen MR) is 171 cm³/mol. The third kappa shape index (κ3) is 26.8. The van der Waals surface area contributed by atoms with Gasteiger partial charge in [-0.05, 0) is 55.3 Å². The van der Waals surface area contributed by atoms with Gasteiger partial charge >= 0.3 is 17.9 Å². The molecule has 0 heterocycles. The van der Waals surface area contributed by atoms with Crippen molar-refractivity contribution in [3.8, 4) is 0 Å². The molecule has 1 rings (SSSR count). The Morgan fingerprint density at radius 3 is 1.49 bits per heavy atom. The van der Waals surface area contributed by atoms with Crippen LogP contribution in [-0.4, -0.2) is 39.2 Å². The average molecular weight is 667 g/mol. The molecule has 0 aliphatic heterocycles. The number of ether oxygens (including phenoxy) is 1. The highest BCUT2D eigenvalue weighted by Crippen LogP contribution is 2.28. The summed E-state index contributed by atoms with van der Waals surface area (Å²) in [6, 6.07) is 0. The van der Waals surface area contributed by atoms with E-state index in [2.05, 4.69) is 43.0 Å². The third-order valence-electron chi connectivity index (χ3n) is 6.83. The van der Waals surface area contributed by atoms with E-state index in [1.54, 1.807) is 0 Å². The van der Waals surface area contributed by atoms with Crippen molar-refractivity contribution in [3.05, 3.63) is 12.2 Å². The van der Waals surface area contributed by atoms with Crippen LogP contribution < -0.4 is 0 Å². The molecule has 0 unspecified atom stereocenters. The van der Waals surface area contributed by atoms with Crippen LogP contribution in [0.4, 0.5) is 0 Å². The summed E-state index contributed by atoms with van der Waals surface area (Å²) < 4.78 is 6.44. The Balaban J connectivity index is 0. The van der Waals surface area contributed by atoms with Crippen LogP contribution in [0.3, 0.4) is 0 Å². The van der Waals surface area contributed by atoms with Crippen LogP contribution in [0.1, 0.15) is 143 Å². The first-order valence-electron chi connectivity index (χ1n) is 15.5. The number of carbonyl (C=O) groups excluding carboxylic acids is 1. The van der Waals surface area contributed by atoms with Crippen molar-refractivity contribution in [3.63, 3.8) is 0 Å². The minimum absolute atomic E-state index is 0.218. The third-order valence-corrected chi connectivity index (χ3v) is 7.59. The number of esters is 1. The van der Waals surface area contributed by atoms with E-state index in [-0.39, 0.29) is 17.8 Å². The molecule has 1 aliphatic carbocycles. The summed E-state index contributed by atoms with van der Waals surface area (Å²) in [5.74, 6) is -2.05. The lowest BCUT2D eigenvalue weighted by Crippen LogP contribution is -2.25.